The van der Waals surface area contributed by atoms with Gasteiger partial charge in [0.15, 0.2) is 5.78 Å². The van der Waals surface area contributed by atoms with Crippen molar-refractivity contribution >= 4 is 11.5 Å². The van der Waals surface area contributed by atoms with Crippen molar-refractivity contribution in [1.29, 1.82) is 0 Å². The Morgan fingerprint density at radius 3 is 3.00 bits per heavy atom. The predicted molar refractivity (Wildman–Crippen MR) is 67.3 cm³/mol. The SMILES string of the molecule is Cc1ccc([N+](=O)[O-])cc1OCC(=O)C1CCOC1. The number of nitrogens with zero attached hydrogens (tertiary/aromatic N) is 1. The van der Waals surface area contributed by atoms with Crippen molar-refractivity contribution in [2.45, 2.75) is 13.3 Å². The van der Waals surface area contributed by atoms with E-state index in [1.54, 1.807) is 13.0 Å². The Morgan fingerprint density at radius 2 is 2.37 bits per heavy atom. The molecule has 0 spiro atoms. The molecule has 1 atom stereocenters. The number of aryl methyl sites for hydroxylation is 1. The molecular formula is C13H15NO5. The Labute approximate surface area is 110 Å². The van der Waals surface area contributed by atoms with E-state index in [-0.39, 0.29) is 24.0 Å². The predicted octanol–water partition coefficient (Wildman–Crippen LogP) is 1.89. The lowest BCUT2D eigenvalue weighted by molar-refractivity contribution is -0.384. The molecule has 1 saturated heterocycles. The van der Waals surface area contributed by atoms with Crippen LogP contribution in [0.15, 0.2) is 18.2 Å². The average Bonchev–Trinajstić information content (AvgIpc) is 2.91. The van der Waals surface area contributed by atoms with Crippen molar-refractivity contribution in [2.75, 3.05) is 19.8 Å². The molecule has 0 saturated carbocycles. The molecule has 6 heteroatoms. The topological polar surface area (TPSA) is 78.7 Å². The number of hydrogen-bond acceptors (Lipinski definition) is 5. The van der Waals surface area contributed by atoms with Crippen LogP contribution >= 0.6 is 0 Å². The van der Waals surface area contributed by atoms with Gasteiger partial charge in [-0.1, -0.05) is 0 Å². The summed E-state index contributed by atoms with van der Waals surface area (Å²) in [5.41, 5.74) is 0.721. The van der Waals surface area contributed by atoms with Gasteiger partial charge in [0.05, 0.1) is 17.6 Å². The van der Waals surface area contributed by atoms with Gasteiger partial charge >= 0.3 is 0 Å². The van der Waals surface area contributed by atoms with Crippen molar-refractivity contribution < 1.29 is 19.2 Å². The lowest BCUT2D eigenvalue weighted by Gasteiger charge is -2.10. The molecule has 0 amide bonds. The third-order valence-electron chi connectivity index (χ3n) is 3.14. The molecule has 0 bridgehead atoms. The number of nitro benzene ring substituents is 1. The maximum absolute atomic E-state index is 11.8. The van der Waals surface area contributed by atoms with E-state index in [0.29, 0.717) is 19.0 Å². The molecule has 2 rings (SSSR count). The van der Waals surface area contributed by atoms with Crippen molar-refractivity contribution in [2.24, 2.45) is 5.92 Å². The van der Waals surface area contributed by atoms with Crippen LogP contribution < -0.4 is 4.74 Å². The standard InChI is InChI=1S/C13H15NO5/c1-9-2-3-11(14(16)17)6-13(9)19-8-12(15)10-4-5-18-7-10/h2-3,6,10H,4-5,7-8H2,1H3. The Hall–Kier alpha value is -1.95. The molecule has 0 aromatic heterocycles. The van der Waals surface area contributed by atoms with Crippen LogP contribution in [-0.4, -0.2) is 30.5 Å². The number of ether oxygens (including phenoxy) is 2. The van der Waals surface area contributed by atoms with E-state index in [2.05, 4.69) is 0 Å². The summed E-state index contributed by atoms with van der Waals surface area (Å²) in [7, 11) is 0. The minimum absolute atomic E-state index is 0.0246. The quantitative estimate of drug-likeness (QED) is 0.600. The van der Waals surface area contributed by atoms with E-state index in [0.717, 1.165) is 12.0 Å². The van der Waals surface area contributed by atoms with Gasteiger partial charge in [0.2, 0.25) is 0 Å². The number of carbonyl (C=O) groups is 1. The number of ketones is 1. The summed E-state index contributed by atoms with van der Waals surface area (Å²) < 4.78 is 10.5. The molecule has 19 heavy (non-hydrogen) atoms. The number of benzene rings is 1. The maximum Gasteiger partial charge on any atom is 0.273 e. The summed E-state index contributed by atoms with van der Waals surface area (Å²) in [6.45, 7) is 2.75. The minimum atomic E-state index is -0.487. The van der Waals surface area contributed by atoms with Gasteiger partial charge in [-0.15, -0.1) is 0 Å². The van der Waals surface area contributed by atoms with Crippen molar-refractivity contribution in [3.8, 4) is 5.75 Å². The zero-order valence-electron chi connectivity index (χ0n) is 10.6. The van der Waals surface area contributed by atoms with Gasteiger partial charge in [0.25, 0.3) is 5.69 Å². The summed E-state index contributed by atoms with van der Waals surface area (Å²) in [5, 5.41) is 10.7. The number of nitro groups is 1. The van der Waals surface area contributed by atoms with Gasteiger partial charge in [-0.2, -0.15) is 0 Å². The normalized spacial score (nSPS) is 18.3. The Bertz CT molecular complexity index is 494. The Morgan fingerprint density at radius 1 is 1.58 bits per heavy atom. The number of Topliss-reactive ketones (excluding diaryl/α,β-unsaturated/α-hetero) is 1. The number of carbonyl (C=O) groups excluding carboxylic acids is 1. The highest BCUT2D eigenvalue weighted by Gasteiger charge is 2.24. The zero-order chi connectivity index (χ0) is 13.8. The van der Waals surface area contributed by atoms with Crippen molar-refractivity contribution in [1.82, 2.24) is 0 Å². The molecule has 6 nitrogen and oxygen atoms in total. The number of non-ortho nitro benzene ring substituents is 1. The first-order valence-electron chi connectivity index (χ1n) is 6.06. The van der Waals surface area contributed by atoms with Gasteiger partial charge in [-0.05, 0) is 25.0 Å². The highest BCUT2D eigenvalue weighted by molar-refractivity contribution is 5.82. The molecule has 0 radical (unpaired) electrons. The fraction of sp³-hybridized carbons (Fsp3) is 0.462. The summed E-state index contributed by atoms with van der Waals surface area (Å²) in [4.78, 5) is 22.0. The van der Waals surface area contributed by atoms with E-state index in [1.807, 2.05) is 0 Å². The maximum atomic E-state index is 11.8. The van der Waals surface area contributed by atoms with Crippen LogP contribution in [0.5, 0.6) is 5.75 Å². The van der Waals surface area contributed by atoms with Crippen LogP contribution in [-0.2, 0) is 9.53 Å². The van der Waals surface area contributed by atoms with E-state index in [4.69, 9.17) is 9.47 Å². The van der Waals surface area contributed by atoms with Crippen LogP contribution in [0.1, 0.15) is 12.0 Å². The molecular weight excluding hydrogens is 250 g/mol. The lowest BCUT2D eigenvalue weighted by Crippen LogP contribution is -2.21. The van der Waals surface area contributed by atoms with Gasteiger partial charge in [-0.3, -0.25) is 14.9 Å². The summed E-state index contributed by atoms with van der Waals surface area (Å²) >= 11 is 0. The largest absolute Gasteiger partial charge is 0.485 e. The molecule has 1 aliphatic heterocycles. The highest BCUT2D eigenvalue weighted by atomic mass is 16.6. The van der Waals surface area contributed by atoms with Crippen LogP contribution in [0.3, 0.4) is 0 Å². The summed E-state index contributed by atoms with van der Waals surface area (Å²) in [6.07, 6.45) is 0.718. The molecule has 0 N–H and O–H groups in total. The highest BCUT2D eigenvalue weighted by Crippen LogP contribution is 2.24. The average molecular weight is 265 g/mol. The van der Waals surface area contributed by atoms with Gasteiger partial charge in [-0.25, -0.2) is 0 Å². The molecule has 1 heterocycles. The van der Waals surface area contributed by atoms with Gasteiger partial charge < -0.3 is 9.47 Å². The second-order valence-electron chi connectivity index (χ2n) is 4.52. The van der Waals surface area contributed by atoms with Crippen LogP contribution in [0, 0.1) is 23.0 Å². The van der Waals surface area contributed by atoms with Crippen LogP contribution in [0.25, 0.3) is 0 Å². The zero-order valence-corrected chi connectivity index (χ0v) is 10.6. The monoisotopic (exact) mass is 265 g/mol. The fourth-order valence-electron chi connectivity index (χ4n) is 1.91. The third kappa shape index (κ3) is 3.29. The first kappa shape index (κ1) is 13.5. The molecule has 1 aromatic carbocycles. The summed E-state index contributed by atoms with van der Waals surface area (Å²) in [5.74, 6) is 0.240. The smallest absolute Gasteiger partial charge is 0.273 e. The molecule has 1 unspecified atom stereocenters. The van der Waals surface area contributed by atoms with E-state index >= 15 is 0 Å². The lowest BCUT2D eigenvalue weighted by atomic mass is 10.0. The van der Waals surface area contributed by atoms with Gasteiger partial charge in [0.1, 0.15) is 12.4 Å². The number of rotatable bonds is 5. The van der Waals surface area contributed by atoms with Crippen LogP contribution in [0.4, 0.5) is 5.69 Å². The molecule has 1 fully saturated rings. The molecule has 1 aliphatic rings. The second kappa shape index (κ2) is 5.79. The van der Waals surface area contributed by atoms with E-state index < -0.39 is 4.92 Å². The molecule has 1 aromatic rings. The van der Waals surface area contributed by atoms with Crippen molar-refractivity contribution in [3.63, 3.8) is 0 Å². The molecule has 0 aliphatic carbocycles. The first-order valence-corrected chi connectivity index (χ1v) is 6.06. The fourth-order valence-corrected chi connectivity index (χ4v) is 1.91. The van der Waals surface area contributed by atoms with E-state index in [9.17, 15) is 14.9 Å². The van der Waals surface area contributed by atoms with Crippen LogP contribution in [0.2, 0.25) is 0 Å². The minimum Gasteiger partial charge on any atom is -0.485 e. The van der Waals surface area contributed by atoms with Crippen molar-refractivity contribution in [3.05, 3.63) is 33.9 Å². The van der Waals surface area contributed by atoms with E-state index in [1.165, 1.54) is 12.1 Å². The Kier molecular flexibility index (Phi) is 4.11. The molecule has 102 valence electrons. The van der Waals surface area contributed by atoms with Gasteiger partial charge in [0, 0.05) is 18.6 Å². The first-order chi connectivity index (χ1) is 9.08. The third-order valence-corrected chi connectivity index (χ3v) is 3.14. The number of hydrogen-bond donors (Lipinski definition) is 0. The second-order valence-corrected chi connectivity index (χ2v) is 4.52. The summed E-state index contributed by atoms with van der Waals surface area (Å²) in [6, 6.07) is 4.36. The Balaban J connectivity index is 2.00.